The molecule has 70 valence electrons. The van der Waals surface area contributed by atoms with Gasteiger partial charge in [0, 0.05) is 0 Å². The largest absolute Gasteiger partial charge is 0.508 e. The third-order valence-electron chi connectivity index (χ3n) is 2.46. The first-order chi connectivity index (χ1) is 6.31. The lowest BCUT2D eigenvalue weighted by Crippen LogP contribution is -2.17. The van der Waals surface area contributed by atoms with Gasteiger partial charge in [-0.15, -0.1) is 0 Å². The molecule has 2 N–H and O–H groups in total. The van der Waals surface area contributed by atoms with Gasteiger partial charge < -0.3 is 9.94 Å². The van der Waals surface area contributed by atoms with Gasteiger partial charge in [-0.25, -0.2) is 0 Å². The molecule has 1 atom stereocenters. The molecule has 0 heterocycles. The van der Waals surface area contributed by atoms with Gasteiger partial charge in [0.15, 0.2) is 0 Å². The number of aromatic hydroxyl groups is 1. The highest BCUT2D eigenvalue weighted by molar-refractivity contribution is 5.39. The number of hydroxylamine groups is 1. The van der Waals surface area contributed by atoms with Crippen molar-refractivity contribution in [3.63, 3.8) is 0 Å². The summed E-state index contributed by atoms with van der Waals surface area (Å²) in [6, 6.07) is 5.77. The number of aryl methyl sites for hydroxylation is 1. The van der Waals surface area contributed by atoms with Crippen LogP contribution in [0.25, 0.3) is 0 Å². The Kier molecular flexibility index (Phi) is 2.20. The fourth-order valence-electron chi connectivity index (χ4n) is 1.87. The van der Waals surface area contributed by atoms with Gasteiger partial charge in [-0.2, -0.15) is 5.48 Å². The normalized spacial score (nSPS) is 20.2. The van der Waals surface area contributed by atoms with Crippen LogP contribution in [0.3, 0.4) is 0 Å². The first-order valence-corrected chi connectivity index (χ1v) is 4.41. The predicted octanol–water partition coefficient (Wildman–Crippen LogP) is 1.53. The number of hydrogen-bond donors (Lipinski definition) is 2. The zero-order valence-electron chi connectivity index (χ0n) is 7.58. The third kappa shape index (κ3) is 1.53. The monoisotopic (exact) mass is 179 g/mol. The summed E-state index contributed by atoms with van der Waals surface area (Å²) >= 11 is 0. The lowest BCUT2D eigenvalue weighted by molar-refractivity contribution is 0.0610. The Morgan fingerprint density at radius 1 is 1.54 bits per heavy atom. The van der Waals surface area contributed by atoms with Crippen LogP contribution in [0, 0.1) is 0 Å². The Bertz CT molecular complexity index is 312. The molecule has 3 heteroatoms. The van der Waals surface area contributed by atoms with E-state index in [0.717, 1.165) is 12.8 Å². The van der Waals surface area contributed by atoms with Crippen molar-refractivity contribution in [2.24, 2.45) is 0 Å². The maximum absolute atomic E-state index is 9.26. The van der Waals surface area contributed by atoms with Crippen LogP contribution in [0.1, 0.15) is 23.6 Å². The van der Waals surface area contributed by atoms with E-state index >= 15 is 0 Å². The van der Waals surface area contributed by atoms with E-state index in [-0.39, 0.29) is 6.04 Å². The van der Waals surface area contributed by atoms with E-state index in [1.165, 1.54) is 11.1 Å². The van der Waals surface area contributed by atoms with Crippen molar-refractivity contribution in [1.29, 1.82) is 0 Å². The Morgan fingerprint density at radius 2 is 2.38 bits per heavy atom. The molecule has 1 aliphatic carbocycles. The highest BCUT2D eigenvalue weighted by atomic mass is 16.6. The molecule has 0 amide bonds. The predicted molar refractivity (Wildman–Crippen MR) is 49.3 cm³/mol. The molecule has 0 radical (unpaired) electrons. The second kappa shape index (κ2) is 3.36. The van der Waals surface area contributed by atoms with Gasteiger partial charge in [0.05, 0.1) is 13.2 Å². The minimum atomic E-state index is 0.278. The Hall–Kier alpha value is -1.06. The molecule has 0 aromatic heterocycles. The van der Waals surface area contributed by atoms with Gasteiger partial charge in [-0.05, 0) is 36.1 Å². The number of phenols is 1. The number of fused-ring (bicyclic) bond motifs is 1. The van der Waals surface area contributed by atoms with Crippen molar-refractivity contribution in [3.8, 4) is 5.75 Å². The summed E-state index contributed by atoms with van der Waals surface area (Å²) < 4.78 is 0. The molecule has 1 aromatic carbocycles. The number of rotatable bonds is 2. The van der Waals surface area contributed by atoms with Crippen molar-refractivity contribution in [2.75, 3.05) is 7.11 Å². The smallest absolute Gasteiger partial charge is 0.115 e. The minimum Gasteiger partial charge on any atom is -0.508 e. The number of benzene rings is 1. The fourth-order valence-corrected chi connectivity index (χ4v) is 1.87. The quantitative estimate of drug-likeness (QED) is 0.676. The average molecular weight is 179 g/mol. The maximum Gasteiger partial charge on any atom is 0.115 e. The fraction of sp³-hybridized carbons (Fsp3) is 0.400. The van der Waals surface area contributed by atoms with Crippen LogP contribution in [0.5, 0.6) is 5.75 Å². The lowest BCUT2D eigenvalue weighted by atomic mass is 10.1. The van der Waals surface area contributed by atoms with Crippen LogP contribution < -0.4 is 5.48 Å². The maximum atomic E-state index is 9.26. The molecule has 1 aliphatic rings. The second-order valence-corrected chi connectivity index (χ2v) is 3.30. The molecule has 3 nitrogen and oxygen atoms in total. The molecule has 13 heavy (non-hydrogen) atoms. The molecule has 0 aliphatic heterocycles. The van der Waals surface area contributed by atoms with Gasteiger partial charge >= 0.3 is 0 Å². The van der Waals surface area contributed by atoms with Crippen LogP contribution in [0.4, 0.5) is 0 Å². The van der Waals surface area contributed by atoms with E-state index in [2.05, 4.69) is 5.48 Å². The summed E-state index contributed by atoms with van der Waals surface area (Å²) in [5.41, 5.74) is 5.39. The first kappa shape index (κ1) is 8.53. The van der Waals surface area contributed by atoms with Crippen molar-refractivity contribution < 1.29 is 9.94 Å². The molecule has 0 saturated heterocycles. The minimum absolute atomic E-state index is 0.278. The van der Waals surface area contributed by atoms with Crippen molar-refractivity contribution >= 4 is 0 Å². The van der Waals surface area contributed by atoms with Gasteiger partial charge in [-0.1, -0.05) is 6.07 Å². The topological polar surface area (TPSA) is 41.5 Å². The zero-order chi connectivity index (χ0) is 9.26. The summed E-state index contributed by atoms with van der Waals surface area (Å²) in [6.45, 7) is 0. The van der Waals surface area contributed by atoms with Crippen molar-refractivity contribution in [1.82, 2.24) is 5.48 Å². The van der Waals surface area contributed by atoms with Gasteiger partial charge in [0.2, 0.25) is 0 Å². The molecule has 0 saturated carbocycles. The summed E-state index contributed by atoms with van der Waals surface area (Å²) in [5.74, 6) is 0.344. The summed E-state index contributed by atoms with van der Waals surface area (Å²) in [6.07, 6.45) is 2.04. The number of hydrogen-bond acceptors (Lipinski definition) is 3. The second-order valence-electron chi connectivity index (χ2n) is 3.30. The standard InChI is InChI=1S/C10H13NO2/c1-13-11-10-5-2-7-6-8(12)3-4-9(7)10/h3-4,6,10-12H,2,5H2,1H3. The van der Waals surface area contributed by atoms with Gasteiger partial charge in [0.1, 0.15) is 5.75 Å². The van der Waals surface area contributed by atoms with E-state index in [9.17, 15) is 5.11 Å². The van der Waals surface area contributed by atoms with Crippen molar-refractivity contribution in [3.05, 3.63) is 29.3 Å². The number of nitrogens with one attached hydrogen (secondary N) is 1. The SMILES string of the molecule is CONC1CCc2cc(O)ccc21. The van der Waals surface area contributed by atoms with Crippen LogP contribution in [0.2, 0.25) is 0 Å². The van der Waals surface area contributed by atoms with E-state index < -0.39 is 0 Å². The highest BCUT2D eigenvalue weighted by Crippen LogP contribution is 2.32. The van der Waals surface area contributed by atoms with E-state index in [1.807, 2.05) is 12.1 Å². The Balaban J connectivity index is 2.27. The summed E-state index contributed by atoms with van der Waals surface area (Å²) in [7, 11) is 1.62. The van der Waals surface area contributed by atoms with Gasteiger partial charge in [-0.3, -0.25) is 0 Å². The Morgan fingerprint density at radius 3 is 3.15 bits per heavy atom. The van der Waals surface area contributed by atoms with Gasteiger partial charge in [0.25, 0.3) is 0 Å². The first-order valence-electron chi connectivity index (χ1n) is 4.41. The van der Waals surface area contributed by atoms with Crippen LogP contribution in [-0.4, -0.2) is 12.2 Å². The Labute approximate surface area is 77.3 Å². The molecular formula is C10H13NO2. The number of phenolic OH excluding ortho intramolecular Hbond substituents is 1. The third-order valence-corrected chi connectivity index (χ3v) is 2.46. The lowest BCUT2D eigenvalue weighted by Gasteiger charge is -2.11. The molecular weight excluding hydrogens is 166 g/mol. The molecule has 0 bridgehead atoms. The highest BCUT2D eigenvalue weighted by Gasteiger charge is 2.21. The molecule has 1 unspecified atom stereocenters. The molecule has 0 spiro atoms. The van der Waals surface area contributed by atoms with Crippen molar-refractivity contribution in [2.45, 2.75) is 18.9 Å². The van der Waals surface area contributed by atoms with E-state index in [4.69, 9.17) is 4.84 Å². The summed E-state index contributed by atoms with van der Waals surface area (Å²) in [4.78, 5) is 4.90. The average Bonchev–Trinajstić information content (AvgIpc) is 2.49. The zero-order valence-corrected chi connectivity index (χ0v) is 7.58. The molecule has 0 fully saturated rings. The van der Waals surface area contributed by atoms with E-state index in [0.29, 0.717) is 5.75 Å². The van der Waals surface area contributed by atoms with Crippen LogP contribution in [-0.2, 0) is 11.3 Å². The molecule has 1 aromatic rings. The van der Waals surface area contributed by atoms with Crippen LogP contribution in [0.15, 0.2) is 18.2 Å². The van der Waals surface area contributed by atoms with Crippen LogP contribution >= 0.6 is 0 Å². The molecule has 2 rings (SSSR count). The summed E-state index contributed by atoms with van der Waals surface area (Å²) in [5, 5.41) is 9.26. The van der Waals surface area contributed by atoms with E-state index in [1.54, 1.807) is 13.2 Å².